The smallest absolute Gasteiger partial charge is 0.338 e. The average Bonchev–Trinajstić information content (AvgIpc) is 2.80. The number of anilines is 2. The minimum atomic E-state index is -3.97. The summed E-state index contributed by atoms with van der Waals surface area (Å²) in [6.45, 7) is 5.22. The van der Waals surface area contributed by atoms with E-state index in [1.165, 1.54) is 16.4 Å². The molecular weight excluding hydrogens is 505 g/mol. The van der Waals surface area contributed by atoms with E-state index < -0.39 is 21.9 Å². The van der Waals surface area contributed by atoms with E-state index in [1.807, 2.05) is 6.92 Å². The predicted molar refractivity (Wildman–Crippen MR) is 131 cm³/mol. The zero-order valence-electron chi connectivity index (χ0n) is 18.7. The van der Waals surface area contributed by atoms with Crippen molar-refractivity contribution in [3.8, 4) is 0 Å². The third-order valence-electron chi connectivity index (χ3n) is 5.00. The van der Waals surface area contributed by atoms with E-state index in [0.717, 1.165) is 6.07 Å². The highest BCUT2D eigenvalue weighted by atomic mass is 35.5. The van der Waals surface area contributed by atoms with Crippen LogP contribution in [0.1, 0.15) is 34.6 Å². The lowest BCUT2D eigenvalue weighted by Crippen LogP contribution is -2.40. The fourth-order valence-electron chi connectivity index (χ4n) is 3.35. The second-order valence-corrected chi connectivity index (χ2v) is 9.96. The van der Waals surface area contributed by atoms with Crippen LogP contribution in [-0.4, -0.2) is 64.1 Å². The number of esters is 1. The molecule has 0 unspecified atom stereocenters. The van der Waals surface area contributed by atoms with Crippen LogP contribution in [0.25, 0.3) is 0 Å². The molecule has 9 nitrogen and oxygen atoms in total. The molecule has 0 radical (unpaired) electrons. The second-order valence-electron chi connectivity index (χ2n) is 7.24. The molecule has 3 rings (SSSR count). The molecule has 1 fully saturated rings. The van der Waals surface area contributed by atoms with E-state index in [1.54, 1.807) is 19.1 Å². The maximum absolute atomic E-state index is 13.2. The number of nitrogens with zero attached hydrogens (tertiary/aromatic N) is 1. The van der Waals surface area contributed by atoms with E-state index in [4.69, 9.17) is 32.7 Å². The minimum Gasteiger partial charge on any atom is -0.462 e. The van der Waals surface area contributed by atoms with Crippen LogP contribution in [0.15, 0.2) is 35.2 Å². The Kier molecular flexibility index (Phi) is 8.78. The summed E-state index contributed by atoms with van der Waals surface area (Å²) in [6.07, 6.45) is 0. The van der Waals surface area contributed by atoms with Crippen molar-refractivity contribution in [3.63, 3.8) is 0 Å². The van der Waals surface area contributed by atoms with Crippen molar-refractivity contribution < 1.29 is 27.5 Å². The highest BCUT2D eigenvalue weighted by molar-refractivity contribution is 7.89. The third kappa shape index (κ3) is 5.81. The van der Waals surface area contributed by atoms with Gasteiger partial charge < -0.3 is 20.1 Å². The van der Waals surface area contributed by atoms with Crippen molar-refractivity contribution in [2.45, 2.75) is 18.7 Å². The normalized spacial score (nSPS) is 14.5. The molecule has 0 atom stereocenters. The Hall–Kier alpha value is -2.37. The van der Waals surface area contributed by atoms with Gasteiger partial charge in [0.05, 0.1) is 52.4 Å². The SMILES string of the molecule is CCNc1ccc(C(=O)OCC)cc1NC(=O)c1cc(S(=O)(=O)N2CCOCC2)c(Cl)cc1Cl. The van der Waals surface area contributed by atoms with E-state index in [-0.39, 0.29) is 59.0 Å². The predicted octanol–water partition coefficient (Wildman–Crippen LogP) is 3.88. The molecule has 0 aromatic heterocycles. The summed E-state index contributed by atoms with van der Waals surface area (Å²) in [6, 6.07) is 7.08. The highest BCUT2D eigenvalue weighted by Gasteiger charge is 2.30. The lowest BCUT2D eigenvalue weighted by Gasteiger charge is -2.26. The number of carbonyl (C=O) groups is 2. The Bertz CT molecular complexity index is 1180. The van der Waals surface area contributed by atoms with Gasteiger partial charge in [-0.3, -0.25) is 4.79 Å². The first-order chi connectivity index (χ1) is 16.2. The summed E-state index contributed by atoms with van der Waals surface area (Å²) >= 11 is 12.5. The number of carbonyl (C=O) groups excluding carboxylic acids is 2. The van der Waals surface area contributed by atoms with Crippen molar-refractivity contribution in [2.75, 3.05) is 50.1 Å². The average molecular weight is 530 g/mol. The van der Waals surface area contributed by atoms with Crippen LogP contribution in [0.2, 0.25) is 10.0 Å². The van der Waals surface area contributed by atoms with Crippen molar-refractivity contribution >= 4 is 56.5 Å². The van der Waals surface area contributed by atoms with Crippen LogP contribution in [0.3, 0.4) is 0 Å². The van der Waals surface area contributed by atoms with Gasteiger partial charge in [-0.2, -0.15) is 4.31 Å². The van der Waals surface area contributed by atoms with Crippen LogP contribution >= 0.6 is 23.2 Å². The summed E-state index contributed by atoms with van der Waals surface area (Å²) in [5.74, 6) is -1.20. The Balaban J connectivity index is 1.97. The molecule has 1 saturated heterocycles. The van der Waals surface area contributed by atoms with Gasteiger partial charge in [0.15, 0.2) is 0 Å². The number of rotatable bonds is 8. The first-order valence-electron chi connectivity index (χ1n) is 10.6. The van der Waals surface area contributed by atoms with Gasteiger partial charge >= 0.3 is 5.97 Å². The zero-order valence-corrected chi connectivity index (χ0v) is 21.0. The Labute approximate surface area is 208 Å². The Morgan fingerprint density at radius 3 is 2.41 bits per heavy atom. The maximum atomic E-state index is 13.2. The standard InChI is InChI=1S/C22H25Cl2N3O6S/c1-3-25-18-6-5-14(22(29)33-4-2)11-19(18)26-21(28)15-12-20(17(24)13-16(15)23)34(30,31)27-7-9-32-10-8-27/h5-6,11-13,25H,3-4,7-10H2,1-2H3,(H,26,28). The molecule has 0 spiro atoms. The van der Waals surface area contributed by atoms with Gasteiger partial charge in [0.25, 0.3) is 5.91 Å². The Morgan fingerprint density at radius 2 is 1.76 bits per heavy atom. The van der Waals surface area contributed by atoms with Gasteiger partial charge in [-0.15, -0.1) is 0 Å². The molecule has 0 bridgehead atoms. The van der Waals surface area contributed by atoms with Gasteiger partial charge in [0.2, 0.25) is 10.0 Å². The molecule has 2 N–H and O–H groups in total. The lowest BCUT2D eigenvalue weighted by atomic mass is 10.1. The Morgan fingerprint density at radius 1 is 1.06 bits per heavy atom. The minimum absolute atomic E-state index is 0.0185. The molecule has 0 saturated carbocycles. The summed E-state index contributed by atoms with van der Waals surface area (Å²) in [5.41, 5.74) is 1.04. The van der Waals surface area contributed by atoms with E-state index in [0.29, 0.717) is 17.9 Å². The van der Waals surface area contributed by atoms with Crippen LogP contribution in [-0.2, 0) is 19.5 Å². The number of hydrogen-bond donors (Lipinski definition) is 2. The number of amides is 1. The van der Waals surface area contributed by atoms with Crippen LogP contribution < -0.4 is 10.6 Å². The molecular formula is C22H25Cl2N3O6S. The first kappa shape index (κ1) is 26.2. The molecule has 1 aliphatic rings. The number of benzene rings is 2. The quantitative estimate of drug-likeness (QED) is 0.498. The van der Waals surface area contributed by atoms with E-state index in [2.05, 4.69) is 10.6 Å². The molecule has 1 amide bonds. The fraction of sp³-hybridized carbons (Fsp3) is 0.364. The van der Waals surface area contributed by atoms with Crippen LogP contribution in [0.4, 0.5) is 11.4 Å². The number of ether oxygens (including phenoxy) is 2. The highest BCUT2D eigenvalue weighted by Crippen LogP contribution is 2.32. The van der Waals surface area contributed by atoms with Gasteiger partial charge in [0.1, 0.15) is 4.90 Å². The molecule has 1 aliphatic heterocycles. The van der Waals surface area contributed by atoms with Gasteiger partial charge in [0, 0.05) is 19.6 Å². The topological polar surface area (TPSA) is 114 Å². The van der Waals surface area contributed by atoms with Crippen molar-refractivity contribution in [3.05, 3.63) is 51.5 Å². The summed E-state index contributed by atoms with van der Waals surface area (Å²) in [7, 11) is -3.97. The van der Waals surface area contributed by atoms with E-state index in [9.17, 15) is 18.0 Å². The zero-order chi connectivity index (χ0) is 24.9. The largest absolute Gasteiger partial charge is 0.462 e. The fourth-order valence-corrected chi connectivity index (χ4v) is 5.59. The summed E-state index contributed by atoms with van der Waals surface area (Å²) in [4.78, 5) is 25.1. The van der Waals surface area contributed by atoms with Crippen LogP contribution in [0.5, 0.6) is 0 Å². The van der Waals surface area contributed by atoms with Gasteiger partial charge in [-0.05, 0) is 44.2 Å². The van der Waals surface area contributed by atoms with Crippen molar-refractivity contribution in [1.29, 1.82) is 0 Å². The molecule has 12 heteroatoms. The molecule has 184 valence electrons. The first-order valence-corrected chi connectivity index (χ1v) is 12.8. The lowest BCUT2D eigenvalue weighted by molar-refractivity contribution is 0.0526. The number of hydrogen-bond acceptors (Lipinski definition) is 7. The number of sulfonamides is 1. The summed E-state index contributed by atoms with van der Waals surface area (Å²) in [5, 5.41) is 5.69. The maximum Gasteiger partial charge on any atom is 0.338 e. The molecule has 34 heavy (non-hydrogen) atoms. The number of morpholine rings is 1. The molecule has 1 heterocycles. The molecule has 0 aliphatic carbocycles. The monoisotopic (exact) mass is 529 g/mol. The second kappa shape index (κ2) is 11.4. The van der Waals surface area contributed by atoms with Gasteiger partial charge in [-0.25, -0.2) is 13.2 Å². The van der Waals surface area contributed by atoms with Crippen molar-refractivity contribution in [1.82, 2.24) is 4.31 Å². The molecule has 2 aromatic rings. The number of nitrogens with one attached hydrogen (secondary N) is 2. The summed E-state index contributed by atoms with van der Waals surface area (Å²) < 4.78 is 37.7. The molecule has 2 aromatic carbocycles. The van der Waals surface area contributed by atoms with E-state index >= 15 is 0 Å². The van der Waals surface area contributed by atoms with Gasteiger partial charge in [-0.1, -0.05) is 23.2 Å². The van der Waals surface area contributed by atoms with Crippen molar-refractivity contribution in [2.24, 2.45) is 0 Å². The number of halogens is 2. The third-order valence-corrected chi connectivity index (χ3v) is 7.68. The van der Waals surface area contributed by atoms with Crippen LogP contribution in [0, 0.1) is 0 Å².